The van der Waals surface area contributed by atoms with E-state index >= 15 is 0 Å². The zero-order valence-corrected chi connectivity index (χ0v) is 9.43. The predicted molar refractivity (Wildman–Crippen MR) is 59.6 cm³/mol. The van der Waals surface area contributed by atoms with Crippen LogP contribution in [-0.2, 0) is 4.79 Å². The van der Waals surface area contributed by atoms with Gasteiger partial charge in [0.1, 0.15) is 5.75 Å². The molecule has 0 aliphatic carbocycles. The third kappa shape index (κ3) is 3.24. The number of carboxylic acids is 1. The molecule has 0 radical (unpaired) electrons. The SMILES string of the molecule is CCOc1ccc(C)cc1C(O)CC(=O)O. The van der Waals surface area contributed by atoms with E-state index in [1.807, 2.05) is 19.9 Å². The van der Waals surface area contributed by atoms with Gasteiger partial charge in [0.2, 0.25) is 0 Å². The van der Waals surface area contributed by atoms with Gasteiger partial charge in [-0.05, 0) is 26.0 Å². The molecule has 0 aliphatic heterocycles. The number of rotatable bonds is 5. The highest BCUT2D eigenvalue weighted by Crippen LogP contribution is 2.28. The van der Waals surface area contributed by atoms with Gasteiger partial charge in [-0.1, -0.05) is 11.6 Å². The minimum atomic E-state index is -1.03. The minimum Gasteiger partial charge on any atom is -0.493 e. The molecule has 16 heavy (non-hydrogen) atoms. The lowest BCUT2D eigenvalue weighted by Crippen LogP contribution is -2.08. The Kier molecular flexibility index (Phi) is 4.31. The molecule has 0 aromatic heterocycles. The first-order chi connectivity index (χ1) is 7.54. The van der Waals surface area contributed by atoms with Crippen LogP contribution in [0.1, 0.15) is 30.6 Å². The van der Waals surface area contributed by atoms with Crippen molar-refractivity contribution in [1.82, 2.24) is 0 Å². The largest absolute Gasteiger partial charge is 0.493 e. The smallest absolute Gasteiger partial charge is 0.306 e. The van der Waals surface area contributed by atoms with Crippen LogP contribution in [0.25, 0.3) is 0 Å². The van der Waals surface area contributed by atoms with Gasteiger partial charge in [-0.2, -0.15) is 0 Å². The Morgan fingerprint density at radius 2 is 2.19 bits per heavy atom. The van der Waals surface area contributed by atoms with Crippen LogP contribution in [0.4, 0.5) is 0 Å². The number of aliphatic hydroxyl groups is 1. The molecule has 4 heteroatoms. The molecule has 0 bridgehead atoms. The number of ether oxygens (including phenoxy) is 1. The van der Waals surface area contributed by atoms with E-state index in [4.69, 9.17) is 9.84 Å². The molecule has 1 aromatic rings. The van der Waals surface area contributed by atoms with Gasteiger partial charge in [0.25, 0.3) is 0 Å². The average molecular weight is 224 g/mol. The van der Waals surface area contributed by atoms with Crippen LogP contribution >= 0.6 is 0 Å². The predicted octanol–water partition coefficient (Wildman–Crippen LogP) is 1.90. The number of benzene rings is 1. The summed E-state index contributed by atoms with van der Waals surface area (Å²) in [5.41, 5.74) is 1.49. The summed E-state index contributed by atoms with van der Waals surface area (Å²) in [5.74, 6) is -0.488. The van der Waals surface area contributed by atoms with Gasteiger partial charge in [0.15, 0.2) is 0 Å². The van der Waals surface area contributed by atoms with Gasteiger partial charge in [0, 0.05) is 5.56 Å². The summed E-state index contributed by atoms with van der Waals surface area (Å²) in [6.45, 7) is 4.20. The lowest BCUT2D eigenvalue weighted by Gasteiger charge is -2.14. The molecule has 1 aromatic carbocycles. The lowest BCUT2D eigenvalue weighted by molar-refractivity contribution is -0.139. The molecule has 0 amide bonds. The molecular formula is C12H16O4. The van der Waals surface area contributed by atoms with Crippen molar-refractivity contribution in [1.29, 1.82) is 0 Å². The third-order valence-electron chi connectivity index (χ3n) is 2.19. The summed E-state index contributed by atoms with van der Waals surface area (Å²) in [7, 11) is 0. The molecule has 4 nitrogen and oxygen atoms in total. The van der Waals surface area contributed by atoms with Crippen molar-refractivity contribution in [2.45, 2.75) is 26.4 Å². The Balaban J connectivity index is 2.98. The van der Waals surface area contributed by atoms with Crippen LogP contribution in [0.2, 0.25) is 0 Å². The maximum absolute atomic E-state index is 10.5. The first kappa shape index (κ1) is 12.5. The van der Waals surface area contributed by atoms with E-state index in [1.165, 1.54) is 0 Å². The first-order valence-corrected chi connectivity index (χ1v) is 5.17. The van der Waals surface area contributed by atoms with Crippen molar-refractivity contribution in [3.63, 3.8) is 0 Å². The molecule has 0 saturated heterocycles. The topological polar surface area (TPSA) is 66.8 Å². The van der Waals surface area contributed by atoms with Crippen molar-refractivity contribution in [3.05, 3.63) is 29.3 Å². The summed E-state index contributed by atoms with van der Waals surface area (Å²) in [5, 5.41) is 18.4. The Bertz CT molecular complexity index is 373. The maximum Gasteiger partial charge on any atom is 0.306 e. The fourth-order valence-electron chi connectivity index (χ4n) is 1.49. The van der Waals surface area contributed by atoms with Gasteiger partial charge in [-0.3, -0.25) is 4.79 Å². The van der Waals surface area contributed by atoms with Crippen LogP contribution in [0.3, 0.4) is 0 Å². The fraction of sp³-hybridized carbons (Fsp3) is 0.417. The highest BCUT2D eigenvalue weighted by Gasteiger charge is 2.16. The zero-order chi connectivity index (χ0) is 12.1. The Hall–Kier alpha value is -1.55. The number of carbonyl (C=O) groups is 1. The number of aliphatic carboxylic acids is 1. The molecule has 0 heterocycles. The van der Waals surface area contributed by atoms with Gasteiger partial charge < -0.3 is 14.9 Å². The van der Waals surface area contributed by atoms with E-state index in [1.54, 1.807) is 12.1 Å². The molecule has 1 rings (SSSR count). The quantitative estimate of drug-likeness (QED) is 0.801. The zero-order valence-electron chi connectivity index (χ0n) is 9.43. The van der Waals surface area contributed by atoms with Crippen LogP contribution in [0.5, 0.6) is 5.75 Å². The average Bonchev–Trinajstić information content (AvgIpc) is 2.20. The Morgan fingerprint density at radius 3 is 2.75 bits per heavy atom. The fourth-order valence-corrected chi connectivity index (χ4v) is 1.49. The second kappa shape index (κ2) is 5.51. The van der Waals surface area contributed by atoms with E-state index < -0.39 is 12.1 Å². The summed E-state index contributed by atoms with van der Waals surface area (Å²) in [6.07, 6.45) is -1.34. The molecule has 0 aliphatic rings. The van der Waals surface area contributed by atoms with E-state index in [0.29, 0.717) is 17.9 Å². The van der Waals surface area contributed by atoms with Crippen molar-refractivity contribution >= 4 is 5.97 Å². The van der Waals surface area contributed by atoms with Crippen molar-refractivity contribution in [3.8, 4) is 5.75 Å². The van der Waals surface area contributed by atoms with E-state index in [9.17, 15) is 9.90 Å². The standard InChI is InChI=1S/C12H16O4/c1-3-16-11-5-4-8(2)6-9(11)10(13)7-12(14)15/h4-6,10,13H,3,7H2,1-2H3,(H,14,15). The van der Waals surface area contributed by atoms with Crippen LogP contribution in [-0.4, -0.2) is 22.8 Å². The molecule has 0 fully saturated rings. The van der Waals surface area contributed by atoms with Crippen molar-refractivity contribution in [2.24, 2.45) is 0 Å². The van der Waals surface area contributed by atoms with Crippen molar-refractivity contribution in [2.75, 3.05) is 6.61 Å². The second-order valence-corrected chi connectivity index (χ2v) is 3.59. The van der Waals surface area contributed by atoms with Crippen LogP contribution in [0, 0.1) is 6.92 Å². The molecule has 0 saturated carbocycles. The summed E-state index contributed by atoms with van der Waals surface area (Å²) >= 11 is 0. The van der Waals surface area contributed by atoms with E-state index in [-0.39, 0.29) is 6.42 Å². The second-order valence-electron chi connectivity index (χ2n) is 3.59. The molecular weight excluding hydrogens is 208 g/mol. The van der Waals surface area contributed by atoms with Gasteiger partial charge in [0.05, 0.1) is 19.1 Å². The first-order valence-electron chi connectivity index (χ1n) is 5.17. The Morgan fingerprint density at radius 1 is 1.50 bits per heavy atom. The molecule has 2 N–H and O–H groups in total. The molecule has 0 spiro atoms. The third-order valence-corrected chi connectivity index (χ3v) is 2.19. The van der Waals surface area contributed by atoms with Crippen LogP contribution in [0.15, 0.2) is 18.2 Å². The molecule has 88 valence electrons. The number of hydrogen-bond acceptors (Lipinski definition) is 3. The van der Waals surface area contributed by atoms with Gasteiger partial charge in [-0.25, -0.2) is 0 Å². The summed E-state index contributed by atoms with van der Waals surface area (Å²) in [6, 6.07) is 5.36. The summed E-state index contributed by atoms with van der Waals surface area (Å²) in [4.78, 5) is 10.5. The molecule has 1 atom stereocenters. The monoisotopic (exact) mass is 224 g/mol. The van der Waals surface area contributed by atoms with E-state index in [2.05, 4.69) is 0 Å². The lowest BCUT2D eigenvalue weighted by atomic mass is 10.0. The highest BCUT2D eigenvalue weighted by molar-refractivity contribution is 5.68. The highest BCUT2D eigenvalue weighted by atomic mass is 16.5. The minimum absolute atomic E-state index is 0.316. The number of aryl methyl sites for hydroxylation is 1. The van der Waals surface area contributed by atoms with Crippen molar-refractivity contribution < 1.29 is 19.7 Å². The maximum atomic E-state index is 10.5. The molecule has 1 unspecified atom stereocenters. The summed E-state index contributed by atoms with van der Waals surface area (Å²) < 4.78 is 5.34. The number of aliphatic hydroxyl groups excluding tert-OH is 1. The Labute approximate surface area is 94.5 Å². The van der Waals surface area contributed by atoms with Gasteiger partial charge in [-0.15, -0.1) is 0 Å². The normalized spacial score (nSPS) is 12.2. The number of carboxylic acid groups (broad SMARTS) is 1. The van der Waals surface area contributed by atoms with Crippen LogP contribution < -0.4 is 4.74 Å². The van der Waals surface area contributed by atoms with E-state index in [0.717, 1.165) is 5.56 Å². The van der Waals surface area contributed by atoms with Gasteiger partial charge >= 0.3 is 5.97 Å². The number of hydrogen-bond donors (Lipinski definition) is 2.